The second kappa shape index (κ2) is 8.75. The van der Waals surface area contributed by atoms with Crippen LogP contribution in [0.5, 0.6) is 0 Å². The van der Waals surface area contributed by atoms with Crippen molar-refractivity contribution in [1.82, 2.24) is 0 Å². The van der Waals surface area contributed by atoms with Crippen molar-refractivity contribution in [3.05, 3.63) is 0 Å². The zero-order chi connectivity index (χ0) is 11.7. The SMILES string of the molecule is CCCCCC(CCC)CC(C)C(=O)O. The van der Waals surface area contributed by atoms with E-state index in [9.17, 15) is 4.79 Å². The molecule has 2 nitrogen and oxygen atoms in total. The minimum Gasteiger partial charge on any atom is -0.481 e. The molecule has 0 heterocycles. The molecule has 0 amide bonds. The number of carboxylic acid groups (broad SMARTS) is 1. The molecule has 0 spiro atoms. The van der Waals surface area contributed by atoms with Crippen LogP contribution in [0.4, 0.5) is 0 Å². The third kappa shape index (κ3) is 7.40. The molecule has 0 aromatic rings. The van der Waals surface area contributed by atoms with Crippen molar-refractivity contribution in [3.8, 4) is 0 Å². The Labute approximate surface area is 94.1 Å². The predicted molar refractivity (Wildman–Crippen MR) is 64.0 cm³/mol. The van der Waals surface area contributed by atoms with Gasteiger partial charge >= 0.3 is 5.97 Å². The smallest absolute Gasteiger partial charge is 0.306 e. The Hall–Kier alpha value is -0.530. The number of unbranched alkanes of at least 4 members (excludes halogenated alkanes) is 2. The summed E-state index contributed by atoms with van der Waals surface area (Å²) < 4.78 is 0. The summed E-state index contributed by atoms with van der Waals surface area (Å²) in [5.74, 6) is -0.206. The average molecular weight is 214 g/mol. The van der Waals surface area contributed by atoms with Crippen LogP contribution in [0, 0.1) is 11.8 Å². The number of aliphatic carboxylic acids is 1. The molecule has 0 aliphatic carbocycles. The first-order chi connectivity index (χ1) is 7.11. The second-order valence-corrected chi connectivity index (χ2v) is 4.63. The van der Waals surface area contributed by atoms with Gasteiger partial charge in [0, 0.05) is 0 Å². The third-order valence-corrected chi connectivity index (χ3v) is 3.02. The number of hydrogen-bond acceptors (Lipinski definition) is 1. The van der Waals surface area contributed by atoms with Crippen LogP contribution in [-0.4, -0.2) is 11.1 Å². The Balaban J connectivity index is 3.86. The Kier molecular flexibility index (Phi) is 8.44. The number of carbonyl (C=O) groups is 1. The topological polar surface area (TPSA) is 37.3 Å². The standard InChI is InChI=1S/C13H26O2/c1-4-6-7-9-12(8-5-2)10-11(3)13(14)15/h11-12H,4-10H2,1-3H3,(H,14,15). The molecule has 0 fully saturated rings. The second-order valence-electron chi connectivity index (χ2n) is 4.63. The maximum Gasteiger partial charge on any atom is 0.306 e. The summed E-state index contributed by atoms with van der Waals surface area (Å²) in [5.41, 5.74) is 0. The molecule has 2 unspecified atom stereocenters. The summed E-state index contributed by atoms with van der Waals surface area (Å²) in [6.45, 7) is 6.21. The minimum atomic E-state index is -0.647. The molecular formula is C13H26O2. The normalized spacial score (nSPS) is 14.9. The van der Waals surface area contributed by atoms with E-state index in [0.717, 1.165) is 6.42 Å². The molecule has 0 saturated heterocycles. The molecule has 1 N–H and O–H groups in total. The van der Waals surface area contributed by atoms with E-state index in [1.807, 2.05) is 6.92 Å². The molecule has 90 valence electrons. The Morgan fingerprint density at radius 1 is 1.13 bits per heavy atom. The zero-order valence-electron chi connectivity index (χ0n) is 10.5. The van der Waals surface area contributed by atoms with Crippen molar-refractivity contribution in [2.75, 3.05) is 0 Å². The van der Waals surface area contributed by atoms with Gasteiger partial charge in [0.05, 0.1) is 5.92 Å². The lowest BCUT2D eigenvalue weighted by Crippen LogP contribution is -2.14. The summed E-state index contributed by atoms with van der Waals surface area (Å²) in [6.07, 6.45) is 8.19. The molecule has 0 radical (unpaired) electrons. The summed E-state index contributed by atoms with van der Waals surface area (Å²) in [6, 6.07) is 0. The molecule has 0 rings (SSSR count). The summed E-state index contributed by atoms with van der Waals surface area (Å²) in [7, 11) is 0. The highest BCUT2D eigenvalue weighted by Gasteiger charge is 2.17. The van der Waals surface area contributed by atoms with Gasteiger partial charge in [0.2, 0.25) is 0 Å². The van der Waals surface area contributed by atoms with Gasteiger partial charge in [0.15, 0.2) is 0 Å². The number of hydrogen-bond donors (Lipinski definition) is 1. The van der Waals surface area contributed by atoms with Gasteiger partial charge < -0.3 is 5.11 Å². The molecule has 15 heavy (non-hydrogen) atoms. The van der Waals surface area contributed by atoms with Crippen molar-refractivity contribution >= 4 is 5.97 Å². The molecular weight excluding hydrogens is 188 g/mol. The number of rotatable bonds is 9. The van der Waals surface area contributed by atoms with Crippen LogP contribution in [0.15, 0.2) is 0 Å². The lowest BCUT2D eigenvalue weighted by atomic mass is 9.88. The van der Waals surface area contributed by atoms with Crippen molar-refractivity contribution < 1.29 is 9.90 Å². The Morgan fingerprint density at radius 2 is 1.80 bits per heavy atom. The fourth-order valence-corrected chi connectivity index (χ4v) is 2.07. The van der Waals surface area contributed by atoms with Gasteiger partial charge in [-0.2, -0.15) is 0 Å². The van der Waals surface area contributed by atoms with Crippen molar-refractivity contribution in [2.45, 2.75) is 65.7 Å². The largest absolute Gasteiger partial charge is 0.481 e. The average Bonchev–Trinajstić information content (AvgIpc) is 2.18. The first kappa shape index (κ1) is 14.5. The van der Waals surface area contributed by atoms with Crippen molar-refractivity contribution in [1.29, 1.82) is 0 Å². The summed E-state index contributed by atoms with van der Waals surface area (Å²) >= 11 is 0. The van der Waals surface area contributed by atoms with E-state index in [0.29, 0.717) is 5.92 Å². The molecule has 2 atom stereocenters. The van der Waals surface area contributed by atoms with Crippen LogP contribution in [0.2, 0.25) is 0 Å². The van der Waals surface area contributed by atoms with E-state index in [-0.39, 0.29) is 5.92 Å². The fourth-order valence-electron chi connectivity index (χ4n) is 2.07. The van der Waals surface area contributed by atoms with Gasteiger partial charge in [-0.15, -0.1) is 0 Å². The quantitative estimate of drug-likeness (QED) is 0.587. The molecule has 0 aromatic heterocycles. The van der Waals surface area contributed by atoms with Gasteiger partial charge in [-0.05, 0) is 12.3 Å². The van der Waals surface area contributed by atoms with Gasteiger partial charge in [0.25, 0.3) is 0 Å². The van der Waals surface area contributed by atoms with Gasteiger partial charge in [-0.25, -0.2) is 0 Å². The van der Waals surface area contributed by atoms with Crippen LogP contribution in [0.25, 0.3) is 0 Å². The number of carboxylic acids is 1. The first-order valence-corrected chi connectivity index (χ1v) is 6.34. The van der Waals surface area contributed by atoms with E-state index in [1.54, 1.807) is 0 Å². The molecule has 0 aromatic carbocycles. The minimum absolute atomic E-state index is 0.178. The van der Waals surface area contributed by atoms with E-state index in [2.05, 4.69) is 13.8 Å². The first-order valence-electron chi connectivity index (χ1n) is 6.34. The monoisotopic (exact) mass is 214 g/mol. The molecule has 0 bridgehead atoms. The maximum absolute atomic E-state index is 10.8. The van der Waals surface area contributed by atoms with Crippen molar-refractivity contribution in [2.24, 2.45) is 11.8 Å². The van der Waals surface area contributed by atoms with E-state index >= 15 is 0 Å². The van der Waals surface area contributed by atoms with E-state index in [4.69, 9.17) is 5.11 Å². The van der Waals surface area contributed by atoms with E-state index in [1.165, 1.54) is 38.5 Å². The highest BCUT2D eigenvalue weighted by molar-refractivity contribution is 5.69. The highest BCUT2D eigenvalue weighted by atomic mass is 16.4. The van der Waals surface area contributed by atoms with Crippen LogP contribution >= 0.6 is 0 Å². The fraction of sp³-hybridized carbons (Fsp3) is 0.923. The molecule has 0 aliphatic heterocycles. The molecule has 0 aliphatic rings. The maximum atomic E-state index is 10.8. The van der Waals surface area contributed by atoms with Gasteiger partial charge in [-0.1, -0.05) is 59.3 Å². The molecule has 0 saturated carbocycles. The van der Waals surface area contributed by atoms with Crippen LogP contribution in [0.1, 0.15) is 65.7 Å². The van der Waals surface area contributed by atoms with Crippen LogP contribution < -0.4 is 0 Å². The highest BCUT2D eigenvalue weighted by Crippen LogP contribution is 2.23. The predicted octanol–water partition coefficient (Wildman–Crippen LogP) is 4.09. The van der Waals surface area contributed by atoms with Crippen molar-refractivity contribution in [3.63, 3.8) is 0 Å². The summed E-state index contributed by atoms with van der Waals surface area (Å²) in [5, 5.41) is 8.87. The van der Waals surface area contributed by atoms with Crippen LogP contribution in [0.3, 0.4) is 0 Å². The zero-order valence-corrected chi connectivity index (χ0v) is 10.5. The Bertz CT molecular complexity index is 166. The third-order valence-electron chi connectivity index (χ3n) is 3.02. The van der Waals surface area contributed by atoms with Gasteiger partial charge in [-0.3, -0.25) is 4.79 Å². The summed E-state index contributed by atoms with van der Waals surface area (Å²) in [4.78, 5) is 10.8. The molecule has 2 heteroatoms. The van der Waals surface area contributed by atoms with Gasteiger partial charge in [0.1, 0.15) is 0 Å². The lowest BCUT2D eigenvalue weighted by molar-refractivity contribution is -0.141. The van der Waals surface area contributed by atoms with E-state index < -0.39 is 5.97 Å². The van der Waals surface area contributed by atoms with Crippen LogP contribution in [-0.2, 0) is 4.79 Å². The Morgan fingerprint density at radius 3 is 2.27 bits per heavy atom. The lowest BCUT2D eigenvalue weighted by Gasteiger charge is -2.18.